The molecule has 0 spiro atoms. The minimum Gasteiger partial charge on any atom is -0.220 e. The molecule has 0 aliphatic rings. The summed E-state index contributed by atoms with van der Waals surface area (Å²) in [7, 11) is 0. The lowest BCUT2D eigenvalue weighted by Gasteiger charge is -2.11. The molecule has 0 radical (unpaired) electrons. The Bertz CT molecular complexity index is 358. The summed E-state index contributed by atoms with van der Waals surface area (Å²) in [4.78, 5) is 8.60. The van der Waals surface area contributed by atoms with Crippen LogP contribution in [0.3, 0.4) is 0 Å². The largest absolute Gasteiger partial charge is 0.220 e. The first-order chi connectivity index (χ1) is 7.91. The summed E-state index contributed by atoms with van der Waals surface area (Å²) < 4.78 is 0. The molecule has 5 heteroatoms. The molecule has 0 aliphatic heterocycles. The normalized spacial score (nSPS) is 11.5. The Morgan fingerprint density at radius 1 is 1.06 bits per heavy atom. The molecule has 0 unspecified atom stereocenters. The third-order valence-corrected chi connectivity index (χ3v) is 4.10. The van der Waals surface area contributed by atoms with Gasteiger partial charge in [-0.25, -0.2) is 9.97 Å². The molecule has 0 N–H and O–H groups in total. The number of halogens is 2. The number of rotatable bonds is 5. The van der Waals surface area contributed by atoms with Crippen molar-refractivity contribution in [1.29, 1.82) is 0 Å². The first-order valence-electron chi connectivity index (χ1n) is 5.71. The van der Waals surface area contributed by atoms with Crippen molar-refractivity contribution in [3.63, 3.8) is 0 Å². The van der Waals surface area contributed by atoms with Gasteiger partial charge in [0.2, 0.25) is 0 Å². The highest BCUT2D eigenvalue weighted by Gasteiger charge is 2.14. The molecule has 0 saturated heterocycles. The highest BCUT2D eigenvalue weighted by Crippen LogP contribution is 2.29. The zero-order valence-electron chi connectivity index (χ0n) is 10.6. The van der Waals surface area contributed by atoms with E-state index >= 15 is 0 Å². The predicted molar refractivity (Wildman–Crippen MR) is 77.1 cm³/mol. The summed E-state index contributed by atoms with van der Waals surface area (Å²) in [6.45, 7) is 8.44. The molecule has 0 fully saturated rings. The lowest BCUT2D eigenvalue weighted by Crippen LogP contribution is -2.02. The Hall–Kier alpha value is 0.01000. The Labute approximate surface area is 118 Å². The molecule has 1 aromatic heterocycles. The van der Waals surface area contributed by atoms with Crippen LogP contribution >= 0.6 is 35.0 Å². The van der Waals surface area contributed by atoms with Crippen molar-refractivity contribution in [3.8, 4) is 0 Å². The number of nitrogens with zero attached hydrogens (tertiary/aromatic N) is 2. The van der Waals surface area contributed by atoms with E-state index in [0.29, 0.717) is 16.2 Å². The Kier molecular flexibility index (Phi) is 6.04. The van der Waals surface area contributed by atoms with Gasteiger partial charge in [-0.1, -0.05) is 50.9 Å². The van der Waals surface area contributed by atoms with Crippen LogP contribution in [0.1, 0.15) is 45.0 Å². The second kappa shape index (κ2) is 6.81. The number of thioether (sulfide) groups is 1. The Morgan fingerprint density at radius 2 is 1.59 bits per heavy atom. The molecule has 0 aliphatic carbocycles. The maximum atomic E-state index is 6.13. The van der Waals surface area contributed by atoms with Gasteiger partial charge in [0.1, 0.15) is 16.1 Å². The fraction of sp³-hybridized carbons (Fsp3) is 0.667. The maximum Gasteiger partial charge on any atom is 0.141 e. The summed E-state index contributed by atoms with van der Waals surface area (Å²) in [6.07, 6.45) is 0. The topological polar surface area (TPSA) is 25.8 Å². The molecule has 0 aromatic carbocycles. The second-order valence-electron chi connectivity index (χ2n) is 4.70. The molecule has 2 nitrogen and oxygen atoms in total. The maximum absolute atomic E-state index is 6.13. The van der Waals surface area contributed by atoms with Gasteiger partial charge in [0.25, 0.3) is 0 Å². The van der Waals surface area contributed by atoms with E-state index in [2.05, 4.69) is 23.8 Å². The van der Waals surface area contributed by atoms with Crippen LogP contribution < -0.4 is 0 Å². The molecular formula is C12H18Cl2N2S. The van der Waals surface area contributed by atoms with Crippen LogP contribution in [0.5, 0.6) is 0 Å². The summed E-state index contributed by atoms with van der Waals surface area (Å²) in [5, 5.41) is 0.972. The minimum absolute atomic E-state index is 0.243. The monoisotopic (exact) mass is 292 g/mol. The van der Waals surface area contributed by atoms with Crippen LogP contribution in [0.4, 0.5) is 0 Å². The highest BCUT2D eigenvalue weighted by atomic mass is 35.5. The molecule has 1 rings (SSSR count). The van der Waals surface area contributed by atoms with Crippen molar-refractivity contribution in [2.24, 2.45) is 5.92 Å². The van der Waals surface area contributed by atoms with Gasteiger partial charge in [0, 0.05) is 5.56 Å². The Morgan fingerprint density at radius 3 is 2.00 bits per heavy atom. The minimum atomic E-state index is 0.243. The zero-order chi connectivity index (χ0) is 13.0. The van der Waals surface area contributed by atoms with Crippen molar-refractivity contribution in [2.45, 2.75) is 39.4 Å². The average molecular weight is 293 g/mol. The van der Waals surface area contributed by atoms with Gasteiger partial charge < -0.3 is 0 Å². The van der Waals surface area contributed by atoms with Crippen molar-refractivity contribution in [1.82, 2.24) is 9.97 Å². The average Bonchev–Trinajstić information content (AvgIpc) is 2.14. The molecule has 0 amide bonds. The molecular weight excluding hydrogens is 275 g/mol. The summed E-state index contributed by atoms with van der Waals surface area (Å²) in [5.41, 5.74) is 0.839. The van der Waals surface area contributed by atoms with Crippen LogP contribution in [-0.2, 0) is 5.75 Å². The standard InChI is InChI=1S/C12H18Cl2N2S/c1-7(2)5-17-6-9-15-11(13)10(8(3)4)12(14)16-9/h7-8H,5-6H2,1-4H3. The van der Waals surface area contributed by atoms with Crippen LogP contribution in [0, 0.1) is 5.92 Å². The van der Waals surface area contributed by atoms with E-state index in [1.165, 1.54) is 0 Å². The van der Waals surface area contributed by atoms with Gasteiger partial charge in [-0.2, -0.15) is 11.8 Å². The third-order valence-electron chi connectivity index (χ3n) is 2.16. The summed E-state index contributed by atoms with van der Waals surface area (Å²) >= 11 is 14.1. The van der Waals surface area contributed by atoms with E-state index in [-0.39, 0.29) is 5.92 Å². The summed E-state index contributed by atoms with van der Waals surface area (Å²) in [5.74, 6) is 3.48. The van der Waals surface area contributed by atoms with Gasteiger partial charge in [-0.05, 0) is 17.6 Å². The van der Waals surface area contributed by atoms with Crippen molar-refractivity contribution in [2.75, 3.05) is 5.75 Å². The molecule has 0 atom stereocenters. The number of hydrogen-bond donors (Lipinski definition) is 0. The summed E-state index contributed by atoms with van der Waals surface area (Å²) in [6, 6.07) is 0. The quantitative estimate of drug-likeness (QED) is 0.729. The van der Waals surface area contributed by atoms with Crippen molar-refractivity contribution in [3.05, 3.63) is 21.7 Å². The van der Waals surface area contributed by atoms with Crippen molar-refractivity contribution >= 4 is 35.0 Å². The smallest absolute Gasteiger partial charge is 0.141 e. The van der Waals surface area contributed by atoms with Gasteiger partial charge in [-0.3, -0.25) is 0 Å². The number of aromatic nitrogens is 2. The van der Waals surface area contributed by atoms with Gasteiger partial charge in [0.05, 0.1) is 5.75 Å². The van der Waals surface area contributed by atoms with Crippen LogP contribution in [0.2, 0.25) is 10.3 Å². The fourth-order valence-electron chi connectivity index (χ4n) is 1.38. The van der Waals surface area contributed by atoms with Gasteiger partial charge >= 0.3 is 0 Å². The molecule has 0 bridgehead atoms. The molecule has 0 saturated carbocycles. The van der Waals surface area contributed by atoms with Crippen LogP contribution in [0.25, 0.3) is 0 Å². The first-order valence-corrected chi connectivity index (χ1v) is 7.62. The molecule has 1 aromatic rings. The third kappa shape index (κ3) is 4.65. The Balaban J connectivity index is 2.77. The molecule has 96 valence electrons. The van der Waals surface area contributed by atoms with E-state index in [9.17, 15) is 0 Å². The zero-order valence-corrected chi connectivity index (χ0v) is 13.0. The van der Waals surface area contributed by atoms with E-state index in [1.807, 2.05) is 13.8 Å². The number of hydrogen-bond acceptors (Lipinski definition) is 3. The van der Waals surface area contributed by atoms with Crippen molar-refractivity contribution < 1.29 is 0 Å². The van der Waals surface area contributed by atoms with E-state index in [4.69, 9.17) is 23.2 Å². The highest BCUT2D eigenvalue weighted by molar-refractivity contribution is 7.98. The predicted octanol–water partition coefficient (Wildman–Crippen LogP) is 4.80. The SMILES string of the molecule is CC(C)CSCc1nc(Cl)c(C(C)C)c(Cl)n1. The lowest BCUT2D eigenvalue weighted by atomic mass is 10.1. The lowest BCUT2D eigenvalue weighted by molar-refractivity contribution is 0.749. The van der Waals surface area contributed by atoms with Gasteiger partial charge in [-0.15, -0.1) is 0 Å². The molecule has 17 heavy (non-hydrogen) atoms. The van der Waals surface area contributed by atoms with Gasteiger partial charge in [0.15, 0.2) is 0 Å². The first kappa shape index (κ1) is 15.1. The van der Waals surface area contributed by atoms with Crippen LogP contribution in [0.15, 0.2) is 0 Å². The fourth-order valence-corrected chi connectivity index (χ4v) is 3.14. The van der Waals surface area contributed by atoms with E-state index < -0.39 is 0 Å². The molecule has 1 heterocycles. The van der Waals surface area contributed by atoms with E-state index in [0.717, 1.165) is 22.9 Å². The second-order valence-corrected chi connectivity index (χ2v) is 6.45. The van der Waals surface area contributed by atoms with E-state index in [1.54, 1.807) is 11.8 Å². The van der Waals surface area contributed by atoms with Crippen LogP contribution in [-0.4, -0.2) is 15.7 Å².